The largest absolute Gasteiger partial charge is 0.361 e. The van der Waals surface area contributed by atoms with Crippen molar-refractivity contribution in [1.82, 2.24) is 9.88 Å². The second kappa shape index (κ2) is 7.04. The van der Waals surface area contributed by atoms with Crippen molar-refractivity contribution in [3.05, 3.63) is 74.9 Å². The Labute approximate surface area is 160 Å². The average molecular weight is 384 g/mol. The van der Waals surface area contributed by atoms with Gasteiger partial charge in [0.2, 0.25) is 0 Å². The molecule has 6 nitrogen and oxygen atoms in total. The summed E-state index contributed by atoms with van der Waals surface area (Å²) in [4.78, 5) is 28.5. The standard InChI is InChI=1S/C20H18ClN3O3/c21-14-5-6-16(19(11-14)24(26)27)20(25)23-9-7-13(8-10-23)17-12-22-18-4-2-1-3-15(17)18/h1-6,11-13,22H,7-10H2. The SMILES string of the molecule is O=C(c1ccc(Cl)cc1[N+](=O)[O-])N1CCC(c2c[nH]c3ccccc23)CC1. The summed E-state index contributed by atoms with van der Waals surface area (Å²) in [6.45, 7) is 1.14. The van der Waals surface area contributed by atoms with Crippen molar-refractivity contribution >= 4 is 34.1 Å². The number of hydrogen-bond donors (Lipinski definition) is 1. The zero-order valence-electron chi connectivity index (χ0n) is 14.5. The molecule has 2 heterocycles. The zero-order chi connectivity index (χ0) is 19.0. The first kappa shape index (κ1) is 17.5. The number of likely N-dealkylation sites (tertiary alicyclic amines) is 1. The highest BCUT2D eigenvalue weighted by molar-refractivity contribution is 6.31. The van der Waals surface area contributed by atoms with Crippen LogP contribution in [0.1, 0.15) is 34.7 Å². The summed E-state index contributed by atoms with van der Waals surface area (Å²) in [5, 5.41) is 12.7. The van der Waals surface area contributed by atoms with E-state index in [0.717, 1.165) is 18.4 Å². The Hall–Kier alpha value is -2.86. The molecule has 1 aromatic heterocycles. The lowest BCUT2D eigenvalue weighted by atomic mass is 9.89. The van der Waals surface area contributed by atoms with Crippen molar-refractivity contribution in [2.45, 2.75) is 18.8 Å². The number of benzene rings is 2. The summed E-state index contributed by atoms with van der Waals surface area (Å²) in [6.07, 6.45) is 3.71. The molecule has 0 atom stereocenters. The smallest absolute Gasteiger partial charge is 0.283 e. The van der Waals surface area contributed by atoms with Crippen molar-refractivity contribution in [2.75, 3.05) is 13.1 Å². The van der Waals surface area contributed by atoms with E-state index in [1.54, 1.807) is 4.90 Å². The summed E-state index contributed by atoms with van der Waals surface area (Å²) >= 11 is 5.84. The predicted octanol–water partition coefficient (Wildman–Crippen LogP) is 4.75. The van der Waals surface area contributed by atoms with Crippen molar-refractivity contribution in [3.8, 4) is 0 Å². The number of aromatic nitrogens is 1. The maximum Gasteiger partial charge on any atom is 0.283 e. The fourth-order valence-electron chi connectivity index (χ4n) is 3.83. The summed E-state index contributed by atoms with van der Waals surface area (Å²) < 4.78 is 0. The van der Waals surface area contributed by atoms with Crippen LogP contribution in [0.3, 0.4) is 0 Å². The summed E-state index contributed by atoms with van der Waals surface area (Å²) in [6, 6.07) is 12.4. The van der Waals surface area contributed by atoms with Crippen LogP contribution in [0.5, 0.6) is 0 Å². The number of nitro groups is 1. The van der Waals surface area contributed by atoms with Gasteiger partial charge in [0.05, 0.1) is 4.92 Å². The van der Waals surface area contributed by atoms with Crippen LogP contribution in [0.4, 0.5) is 5.69 Å². The number of para-hydroxylation sites is 1. The molecule has 3 aromatic rings. The molecule has 1 fully saturated rings. The number of hydrogen-bond acceptors (Lipinski definition) is 3. The Bertz CT molecular complexity index is 1020. The van der Waals surface area contributed by atoms with Gasteiger partial charge in [-0.15, -0.1) is 0 Å². The maximum absolute atomic E-state index is 12.8. The lowest BCUT2D eigenvalue weighted by Crippen LogP contribution is -2.38. The highest BCUT2D eigenvalue weighted by Gasteiger charge is 2.29. The van der Waals surface area contributed by atoms with Crippen LogP contribution >= 0.6 is 11.6 Å². The Kier molecular flexibility index (Phi) is 4.58. The van der Waals surface area contributed by atoms with Gasteiger partial charge in [0.15, 0.2) is 0 Å². The number of carbonyl (C=O) groups excluding carboxylic acids is 1. The Morgan fingerprint density at radius 1 is 1.19 bits per heavy atom. The number of nitrogens with zero attached hydrogens (tertiary/aromatic N) is 2. The molecule has 1 saturated heterocycles. The van der Waals surface area contributed by atoms with Gasteiger partial charge in [-0.2, -0.15) is 0 Å². The molecule has 27 heavy (non-hydrogen) atoms. The minimum absolute atomic E-state index is 0.0925. The number of nitrogens with one attached hydrogen (secondary N) is 1. The Balaban J connectivity index is 1.51. The average Bonchev–Trinajstić information content (AvgIpc) is 3.11. The number of rotatable bonds is 3. The molecule has 0 bridgehead atoms. The number of fused-ring (bicyclic) bond motifs is 1. The van der Waals surface area contributed by atoms with Gasteiger partial charge < -0.3 is 9.88 Å². The predicted molar refractivity (Wildman–Crippen MR) is 104 cm³/mol. The van der Waals surface area contributed by atoms with Gasteiger partial charge in [-0.3, -0.25) is 14.9 Å². The van der Waals surface area contributed by atoms with E-state index < -0.39 is 4.92 Å². The van der Waals surface area contributed by atoms with Gasteiger partial charge in [0, 0.05) is 41.3 Å². The van der Waals surface area contributed by atoms with Crippen LogP contribution in [0.15, 0.2) is 48.7 Å². The lowest BCUT2D eigenvalue weighted by molar-refractivity contribution is -0.385. The monoisotopic (exact) mass is 383 g/mol. The molecule has 7 heteroatoms. The molecule has 1 amide bonds. The van der Waals surface area contributed by atoms with E-state index in [-0.39, 0.29) is 22.2 Å². The van der Waals surface area contributed by atoms with E-state index in [2.05, 4.69) is 23.3 Å². The van der Waals surface area contributed by atoms with Crippen LogP contribution in [-0.2, 0) is 0 Å². The molecule has 1 aliphatic heterocycles. The number of amides is 1. The minimum atomic E-state index is -0.558. The van der Waals surface area contributed by atoms with Crippen molar-refractivity contribution in [1.29, 1.82) is 0 Å². The number of aromatic amines is 1. The van der Waals surface area contributed by atoms with Crippen LogP contribution < -0.4 is 0 Å². The molecular weight excluding hydrogens is 366 g/mol. The lowest BCUT2D eigenvalue weighted by Gasteiger charge is -2.32. The molecule has 0 radical (unpaired) electrons. The number of piperidine rings is 1. The quantitative estimate of drug-likeness (QED) is 0.523. The molecule has 0 saturated carbocycles. The summed E-state index contributed by atoms with van der Waals surface area (Å²) in [5.74, 6) is 0.0566. The molecule has 1 N–H and O–H groups in total. The molecule has 0 unspecified atom stereocenters. The van der Waals surface area contributed by atoms with Gasteiger partial charge in [0.25, 0.3) is 11.6 Å². The number of carbonyl (C=O) groups is 1. The minimum Gasteiger partial charge on any atom is -0.361 e. The highest BCUT2D eigenvalue weighted by atomic mass is 35.5. The summed E-state index contributed by atoms with van der Waals surface area (Å²) in [7, 11) is 0. The van der Waals surface area contributed by atoms with E-state index >= 15 is 0 Å². The van der Waals surface area contributed by atoms with Crippen LogP contribution in [0, 0.1) is 10.1 Å². The molecule has 2 aromatic carbocycles. The Morgan fingerprint density at radius 3 is 2.67 bits per heavy atom. The van der Waals surface area contributed by atoms with Gasteiger partial charge in [0.1, 0.15) is 5.56 Å². The van der Waals surface area contributed by atoms with Crippen molar-refractivity contribution in [3.63, 3.8) is 0 Å². The molecular formula is C20H18ClN3O3. The van der Waals surface area contributed by atoms with Crippen LogP contribution in [-0.4, -0.2) is 33.8 Å². The first-order valence-corrected chi connectivity index (χ1v) is 9.21. The van der Waals surface area contributed by atoms with Crippen LogP contribution in [0.25, 0.3) is 10.9 Å². The van der Waals surface area contributed by atoms with Gasteiger partial charge in [-0.25, -0.2) is 0 Å². The first-order valence-electron chi connectivity index (χ1n) is 8.84. The van der Waals surface area contributed by atoms with Gasteiger partial charge in [-0.05, 0) is 42.5 Å². The topological polar surface area (TPSA) is 79.2 Å². The van der Waals surface area contributed by atoms with E-state index in [9.17, 15) is 14.9 Å². The summed E-state index contributed by atoms with van der Waals surface area (Å²) in [5.41, 5.74) is 2.24. The second-order valence-corrected chi connectivity index (χ2v) is 7.21. The third-order valence-electron chi connectivity index (χ3n) is 5.23. The normalized spacial score (nSPS) is 15.2. The molecule has 1 aliphatic rings. The van der Waals surface area contributed by atoms with E-state index in [1.807, 2.05) is 12.1 Å². The van der Waals surface area contributed by atoms with Gasteiger partial charge in [-0.1, -0.05) is 29.8 Å². The molecule has 4 rings (SSSR count). The number of H-pyrrole nitrogens is 1. The molecule has 0 spiro atoms. The van der Waals surface area contributed by atoms with Crippen molar-refractivity contribution < 1.29 is 9.72 Å². The third kappa shape index (κ3) is 3.28. The number of nitro benzene ring substituents is 1. The highest BCUT2D eigenvalue weighted by Crippen LogP contribution is 2.34. The third-order valence-corrected chi connectivity index (χ3v) is 5.47. The zero-order valence-corrected chi connectivity index (χ0v) is 15.3. The second-order valence-electron chi connectivity index (χ2n) is 6.77. The number of halogens is 1. The van der Waals surface area contributed by atoms with E-state index in [1.165, 1.54) is 29.1 Å². The van der Waals surface area contributed by atoms with E-state index in [4.69, 9.17) is 11.6 Å². The Morgan fingerprint density at radius 2 is 1.93 bits per heavy atom. The van der Waals surface area contributed by atoms with Gasteiger partial charge >= 0.3 is 0 Å². The molecule has 0 aliphatic carbocycles. The van der Waals surface area contributed by atoms with E-state index in [0.29, 0.717) is 19.0 Å². The fraction of sp³-hybridized carbons (Fsp3) is 0.250. The van der Waals surface area contributed by atoms with Crippen molar-refractivity contribution in [2.24, 2.45) is 0 Å². The fourth-order valence-corrected chi connectivity index (χ4v) is 4.00. The van der Waals surface area contributed by atoms with Crippen LogP contribution in [0.2, 0.25) is 5.02 Å². The molecule has 138 valence electrons. The maximum atomic E-state index is 12.8. The first-order chi connectivity index (χ1) is 13.0.